The van der Waals surface area contributed by atoms with Gasteiger partial charge in [0.15, 0.2) is 6.19 Å². The fourth-order valence-electron chi connectivity index (χ4n) is 5.69. The Labute approximate surface area is 256 Å². The highest BCUT2D eigenvalue weighted by molar-refractivity contribution is 6.40. The quantitative estimate of drug-likeness (QED) is 0.116. The van der Waals surface area contributed by atoms with Crippen LogP contribution in [-0.2, 0) is 17.8 Å². The number of carbonyl (C=O) groups excluding carboxylic acids is 2. The molecule has 1 aliphatic heterocycles. The summed E-state index contributed by atoms with van der Waals surface area (Å²) in [6.45, 7) is 0.277. The second-order valence-electron chi connectivity index (χ2n) is 10.7. The lowest BCUT2D eigenvalue weighted by Crippen LogP contribution is -2.53. The van der Waals surface area contributed by atoms with E-state index in [4.69, 9.17) is 32.9 Å². The predicted octanol–water partition coefficient (Wildman–Crippen LogP) is 2.24. The van der Waals surface area contributed by atoms with Crippen molar-refractivity contribution in [2.24, 2.45) is 5.92 Å². The summed E-state index contributed by atoms with van der Waals surface area (Å²) in [5.41, 5.74) is 2.31. The van der Waals surface area contributed by atoms with Crippen molar-refractivity contribution in [3.63, 3.8) is 0 Å². The first kappa shape index (κ1) is 30.6. The minimum absolute atomic E-state index is 0.00241. The van der Waals surface area contributed by atoms with Gasteiger partial charge in [-0.2, -0.15) is 5.26 Å². The number of hydrogen-bond donors (Lipinski definition) is 6. The Kier molecular flexibility index (Phi) is 9.10. The molecule has 0 spiro atoms. The summed E-state index contributed by atoms with van der Waals surface area (Å²) in [6.07, 6.45) is 1.48. The van der Waals surface area contributed by atoms with E-state index in [0.29, 0.717) is 35.2 Å². The Hall–Kier alpha value is -3.86. The minimum Gasteiger partial charge on any atom is -0.480 e. The van der Waals surface area contributed by atoms with E-state index in [2.05, 4.69) is 16.0 Å². The SMILES string of the molecule is N#CNC(NC[C@H](NC(=O)c1c(Cl)cc2c(c1Cl)CCN(C(=O)c1ccc3ccoc3c1)C2)C(=O)O)C1C[C@@H](O)[C@H](O)C1. The number of halogens is 2. The molecule has 4 atom stereocenters. The van der Waals surface area contributed by atoms with Crippen molar-refractivity contribution >= 4 is 52.0 Å². The Morgan fingerprint density at radius 1 is 1.14 bits per heavy atom. The molecule has 2 amide bonds. The van der Waals surface area contributed by atoms with Gasteiger partial charge in [-0.1, -0.05) is 29.3 Å². The number of nitrogens with one attached hydrogen (secondary N) is 3. The lowest BCUT2D eigenvalue weighted by molar-refractivity contribution is -0.139. The van der Waals surface area contributed by atoms with Crippen LogP contribution in [0.15, 0.2) is 41.0 Å². The van der Waals surface area contributed by atoms with Crippen molar-refractivity contribution in [3.8, 4) is 6.19 Å². The number of carboxylic acids is 1. The molecule has 0 bridgehead atoms. The van der Waals surface area contributed by atoms with Gasteiger partial charge >= 0.3 is 5.97 Å². The summed E-state index contributed by atoms with van der Waals surface area (Å²) in [4.78, 5) is 40.1. The Balaban J connectivity index is 1.28. The van der Waals surface area contributed by atoms with Crippen LogP contribution >= 0.6 is 23.2 Å². The third-order valence-corrected chi connectivity index (χ3v) is 8.71. The average molecular weight is 630 g/mol. The van der Waals surface area contributed by atoms with E-state index in [0.717, 1.165) is 5.39 Å². The van der Waals surface area contributed by atoms with Crippen LogP contribution in [0.5, 0.6) is 0 Å². The van der Waals surface area contributed by atoms with Gasteiger partial charge in [0.2, 0.25) is 0 Å². The van der Waals surface area contributed by atoms with Crippen molar-refractivity contribution in [2.45, 2.75) is 50.2 Å². The summed E-state index contributed by atoms with van der Waals surface area (Å²) < 4.78 is 5.41. The number of nitriles is 1. The highest BCUT2D eigenvalue weighted by Gasteiger charge is 2.37. The van der Waals surface area contributed by atoms with Crippen LogP contribution in [0.1, 0.15) is 44.7 Å². The Morgan fingerprint density at radius 2 is 1.88 bits per heavy atom. The number of hydrogen-bond acceptors (Lipinski definition) is 9. The average Bonchev–Trinajstić information content (AvgIpc) is 3.58. The van der Waals surface area contributed by atoms with E-state index < -0.39 is 36.3 Å². The summed E-state index contributed by atoms with van der Waals surface area (Å²) in [6, 6.07) is 7.18. The zero-order valence-electron chi connectivity index (χ0n) is 22.7. The first-order chi connectivity index (χ1) is 20.6. The van der Waals surface area contributed by atoms with Crippen molar-refractivity contribution in [2.75, 3.05) is 13.1 Å². The fourth-order valence-corrected chi connectivity index (χ4v) is 6.45. The largest absolute Gasteiger partial charge is 0.480 e. The molecule has 0 saturated heterocycles. The van der Waals surface area contributed by atoms with Crippen LogP contribution in [0.2, 0.25) is 10.0 Å². The van der Waals surface area contributed by atoms with Gasteiger partial charge in [-0.25, -0.2) is 4.79 Å². The minimum atomic E-state index is -1.42. The number of carboxylic acid groups (broad SMARTS) is 1. The maximum absolute atomic E-state index is 13.3. The van der Waals surface area contributed by atoms with Gasteiger partial charge < -0.3 is 35.3 Å². The third kappa shape index (κ3) is 6.41. The molecule has 14 heteroatoms. The molecule has 2 aromatic carbocycles. The molecule has 226 valence electrons. The van der Waals surface area contributed by atoms with Gasteiger partial charge in [0, 0.05) is 30.6 Å². The van der Waals surface area contributed by atoms with Crippen LogP contribution in [-0.4, -0.2) is 75.5 Å². The second-order valence-corrected chi connectivity index (χ2v) is 11.5. The van der Waals surface area contributed by atoms with E-state index >= 15 is 0 Å². The topological polar surface area (TPSA) is 188 Å². The molecule has 6 N–H and O–H groups in total. The number of aliphatic hydroxyl groups is 2. The van der Waals surface area contributed by atoms with E-state index in [9.17, 15) is 29.7 Å². The zero-order valence-corrected chi connectivity index (χ0v) is 24.2. The number of benzene rings is 2. The third-order valence-electron chi connectivity index (χ3n) is 7.99. The number of amides is 2. The summed E-state index contributed by atoms with van der Waals surface area (Å²) in [5.74, 6) is -2.68. The van der Waals surface area contributed by atoms with E-state index in [1.807, 2.05) is 12.1 Å². The maximum Gasteiger partial charge on any atom is 0.327 e. The van der Waals surface area contributed by atoms with Crippen molar-refractivity contribution in [1.82, 2.24) is 20.9 Å². The number of aliphatic carboxylic acids is 1. The highest BCUT2D eigenvalue weighted by Crippen LogP contribution is 2.35. The molecule has 12 nitrogen and oxygen atoms in total. The van der Waals surface area contributed by atoms with E-state index in [-0.39, 0.29) is 53.4 Å². The van der Waals surface area contributed by atoms with E-state index in [1.165, 1.54) is 0 Å². The molecule has 43 heavy (non-hydrogen) atoms. The van der Waals surface area contributed by atoms with Crippen molar-refractivity contribution in [1.29, 1.82) is 5.26 Å². The maximum atomic E-state index is 13.3. The predicted molar refractivity (Wildman–Crippen MR) is 155 cm³/mol. The second kappa shape index (κ2) is 12.8. The number of carbonyl (C=O) groups is 3. The Morgan fingerprint density at radius 3 is 2.58 bits per heavy atom. The number of aliphatic hydroxyl groups excluding tert-OH is 2. The molecule has 1 unspecified atom stereocenters. The van der Waals surface area contributed by atoms with Gasteiger partial charge in [0.25, 0.3) is 11.8 Å². The molecule has 0 radical (unpaired) electrons. The molecular weight excluding hydrogens is 601 g/mol. The molecule has 1 aliphatic carbocycles. The number of furan rings is 1. The molecule has 1 fully saturated rings. The van der Waals surface area contributed by atoms with Gasteiger partial charge in [0.1, 0.15) is 11.6 Å². The number of fused-ring (bicyclic) bond motifs is 2. The van der Waals surface area contributed by atoms with Crippen LogP contribution in [0.3, 0.4) is 0 Å². The van der Waals surface area contributed by atoms with Gasteiger partial charge in [-0.3, -0.25) is 14.9 Å². The number of rotatable bonds is 9. The molecule has 1 saturated carbocycles. The fraction of sp³-hybridized carbons (Fsp3) is 0.379. The van der Waals surface area contributed by atoms with E-state index in [1.54, 1.807) is 35.6 Å². The number of nitrogens with zero attached hydrogens (tertiary/aromatic N) is 2. The first-order valence-electron chi connectivity index (χ1n) is 13.6. The first-order valence-corrected chi connectivity index (χ1v) is 14.4. The smallest absolute Gasteiger partial charge is 0.327 e. The normalized spacial score (nSPS) is 19.8. The summed E-state index contributed by atoms with van der Waals surface area (Å²) in [7, 11) is 0. The van der Waals surface area contributed by atoms with Crippen molar-refractivity contribution < 1.29 is 34.1 Å². The summed E-state index contributed by atoms with van der Waals surface area (Å²) >= 11 is 13.1. The van der Waals surface area contributed by atoms with Crippen LogP contribution < -0.4 is 16.0 Å². The van der Waals surface area contributed by atoms with Crippen LogP contribution in [0.4, 0.5) is 0 Å². The summed E-state index contributed by atoms with van der Waals surface area (Å²) in [5, 5.41) is 47.5. The molecular formula is C29H29Cl2N5O7. The monoisotopic (exact) mass is 629 g/mol. The zero-order chi connectivity index (χ0) is 30.8. The molecule has 1 aromatic heterocycles. The van der Waals surface area contributed by atoms with Crippen LogP contribution in [0.25, 0.3) is 11.0 Å². The van der Waals surface area contributed by atoms with Crippen LogP contribution in [0, 0.1) is 17.4 Å². The molecule has 2 aliphatic rings. The van der Waals surface area contributed by atoms with Crippen molar-refractivity contribution in [3.05, 3.63) is 68.9 Å². The molecule has 2 heterocycles. The lowest BCUT2D eigenvalue weighted by Gasteiger charge is -2.30. The van der Waals surface area contributed by atoms with Gasteiger partial charge in [-0.05, 0) is 60.6 Å². The Bertz CT molecular complexity index is 1600. The van der Waals surface area contributed by atoms with Gasteiger partial charge in [-0.15, -0.1) is 0 Å². The highest BCUT2D eigenvalue weighted by atomic mass is 35.5. The molecule has 3 aromatic rings. The standard InChI is InChI=1S/C29H29Cl2N5O7/c30-19-7-17-12-36(28(40)15-2-1-14-4-6-43-23(14)10-15)5-3-18(17)25(31)24(19)27(39)35-20(29(41)42)11-33-26(34-13-32)16-8-21(37)22(38)9-16/h1-2,4,6-7,10,16,20-22,26,33-34,37-38H,3,5,8-9,11-12H2,(H,35,39)(H,41,42)/t20-,21+,22+,26?/m0/s1. The van der Waals surface area contributed by atoms with Gasteiger partial charge in [0.05, 0.1) is 40.2 Å². The lowest BCUT2D eigenvalue weighted by atomic mass is 9.95. The molecule has 5 rings (SSSR count).